The SMILES string of the molecule is CCN1CCCCC1CNC(=NC)NC1CCN(c2cc(OC)cc(OC)c2)CC1. The van der Waals surface area contributed by atoms with E-state index < -0.39 is 0 Å². The molecular formula is C23H39N5O2. The first kappa shape index (κ1) is 22.5. The highest BCUT2D eigenvalue weighted by molar-refractivity contribution is 5.80. The number of likely N-dealkylation sites (N-methyl/N-ethyl adjacent to an activating group) is 1. The predicted octanol–water partition coefficient (Wildman–Crippen LogP) is 2.71. The monoisotopic (exact) mass is 417 g/mol. The standard InChI is InChI=1S/C23H39N5O2/c1-5-27-11-7-6-8-19(27)17-25-23(24-2)26-18-9-12-28(13-10-18)20-14-21(29-3)16-22(15-20)30-4/h14-16,18-19H,5-13,17H2,1-4H3,(H2,24,25,26). The number of hydrogen-bond acceptors (Lipinski definition) is 5. The van der Waals surface area contributed by atoms with Gasteiger partial charge in [-0.05, 0) is 38.8 Å². The van der Waals surface area contributed by atoms with Gasteiger partial charge in [0.15, 0.2) is 5.96 Å². The van der Waals surface area contributed by atoms with Gasteiger partial charge in [0, 0.05) is 62.7 Å². The normalized spacial score (nSPS) is 21.4. The van der Waals surface area contributed by atoms with Crippen molar-refractivity contribution in [2.24, 2.45) is 4.99 Å². The van der Waals surface area contributed by atoms with Crippen LogP contribution >= 0.6 is 0 Å². The predicted molar refractivity (Wildman–Crippen MR) is 124 cm³/mol. The summed E-state index contributed by atoms with van der Waals surface area (Å²) in [6.45, 7) is 7.58. The van der Waals surface area contributed by atoms with E-state index in [1.807, 2.05) is 13.1 Å². The fourth-order valence-electron chi connectivity index (χ4n) is 4.57. The highest BCUT2D eigenvalue weighted by atomic mass is 16.5. The molecule has 2 fully saturated rings. The Labute approximate surface area is 181 Å². The van der Waals surface area contributed by atoms with Crippen molar-refractivity contribution < 1.29 is 9.47 Å². The average Bonchev–Trinajstić information content (AvgIpc) is 2.81. The first-order valence-electron chi connectivity index (χ1n) is 11.4. The summed E-state index contributed by atoms with van der Waals surface area (Å²) in [7, 11) is 5.26. The van der Waals surface area contributed by atoms with Crippen molar-refractivity contribution in [2.75, 3.05) is 58.9 Å². The Morgan fingerprint density at radius 2 is 1.73 bits per heavy atom. The third kappa shape index (κ3) is 5.94. The van der Waals surface area contributed by atoms with Crippen LogP contribution in [0.5, 0.6) is 11.5 Å². The molecule has 2 heterocycles. The maximum Gasteiger partial charge on any atom is 0.191 e. The lowest BCUT2D eigenvalue weighted by molar-refractivity contribution is 0.157. The lowest BCUT2D eigenvalue weighted by Crippen LogP contribution is -2.52. The Bertz CT molecular complexity index is 666. The number of hydrogen-bond donors (Lipinski definition) is 2. The molecule has 0 saturated carbocycles. The fourth-order valence-corrected chi connectivity index (χ4v) is 4.57. The Kier molecular flexibility index (Phi) is 8.49. The van der Waals surface area contributed by atoms with Crippen LogP contribution in [0.4, 0.5) is 5.69 Å². The second kappa shape index (κ2) is 11.3. The van der Waals surface area contributed by atoms with E-state index in [1.54, 1.807) is 14.2 Å². The van der Waals surface area contributed by atoms with E-state index in [-0.39, 0.29) is 0 Å². The molecule has 7 heteroatoms. The second-order valence-corrected chi connectivity index (χ2v) is 8.21. The number of nitrogens with one attached hydrogen (secondary N) is 2. The Morgan fingerprint density at radius 1 is 1.03 bits per heavy atom. The minimum Gasteiger partial charge on any atom is -0.497 e. The van der Waals surface area contributed by atoms with Gasteiger partial charge in [-0.3, -0.25) is 9.89 Å². The Balaban J connectivity index is 1.48. The van der Waals surface area contributed by atoms with Crippen molar-refractivity contribution in [2.45, 2.75) is 51.1 Å². The molecule has 1 aromatic rings. The topological polar surface area (TPSA) is 61.4 Å². The summed E-state index contributed by atoms with van der Waals surface area (Å²) in [5, 5.41) is 7.21. The number of piperidine rings is 2. The van der Waals surface area contributed by atoms with E-state index in [0.29, 0.717) is 12.1 Å². The van der Waals surface area contributed by atoms with Gasteiger partial charge in [0.2, 0.25) is 0 Å². The summed E-state index contributed by atoms with van der Waals surface area (Å²) in [4.78, 5) is 9.46. The fraction of sp³-hybridized carbons (Fsp3) is 0.696. The van der Waals surface area contributed by atoms with Crippen molar-refractivity contribution in [1.82, 2.24) is 15.5 Å². The van der Waals surface area contributed by atoms with Gasteiger partial charge in [-0.25, -0.2) is 0 Å². The molecule has 0 amide bonds. The van der Waals surface area contributed by atoms with E-state index in [9.17, 15) is 0 Å². The van der Waals surface area contributed by atoms with E-state index in [1.165, 1.54) is 25.8 Å². The number of ether oxygens (including phenoxy) is 2. The molecule has 1 aromatic carbocycles. The summed E-state index contributed by atoms with van der Waals surface area (Å²) in [5.41, 5.74) is 1.16. The van der Waals surface area contributed by atoms with Gasteiger partial charge in [0.05, 0.1) is 14.2 Å². The van der Waals surface area contributed by atoms with Crippen LogP contribution in [0.15, 0.2) is 23.2 Å². The molecule has 2 N–H and O–H groups in total. The summed E-state index contributed by atoms with van der Waals surface area (Å²) in [6.07, 6.45) is 6.09. The molecule has 0 aliphatic carbocycles. The summed E-state index contributed by atoms with van der Waals surface area (Å²) in [6, 6.07) is 7.14. The lowest BCUT2D eigenvalue weighted by Gasteiger charge is -2.36. The zero-order valence-corrected chi connectivity index (χ0v) is 19.1. The molecule has 0 aromatic heterocycles. The van der Waals surface area contributed by atoms with E-state index in [4.69, 9.17) is 9.47 Å². The van der Waals surface area contributed by atoms with Gasteiger partial charge in [0.25, 0.3) is 0 Å². The number of guanidine groups is 1. The molecule has 0 spiro atoms. The van der Waals surface area contributed by atoms with E-state index >= 15 is 0 Å². The maximum atomic E-state index is 5.42. The molecule has 3 rings (SSSR count). The van der Waals surface area contributed by atoms with Crippen molar-refractivity contribution >= 4 is 11.6 Å². The summed E-state index contributed by atoms with van der Waals surface area (Å²) in [5.74, 6) is 2.59. The van der Waals surface area contributed by atoms with Gasteiger partial charge >= 0.3 is 0 Å². The molecule has 7 nitrogen and oxygen atoms in total. The molecule has 168 valence electrons. The molecule has 2 saturated heterocycles. The van der Waals surface area contributed by atoms with Crippen LogP contribution in [0.2, 0.25) is 0 Å². The Morgan fingerprint density at radius 3 is 2.33 bits per heavy atom. The molecule has 0 bridgehead atoms. The van der Waals surface area contributed by atoms with E-state index in [2.05, 4.69) is 44.5 Å². The highest BCUT2D eigenvalue weighted by Gasteiger charge is 2.23. The maximum absolute atomic E-state index is 5.42. The third-order valence-electron chi connectivity index (χ3n) is 6.42. The Hall–Kier alpha value is -2.15. The van der Waals surface area contributed by atoms with Crippen molar-refractivity contribution in [3.8, 4) is 11.5 Å². The first-order chi connectivity index (χ1) is 14.7. The van der Waals surface area contributed by atoms with E-state index in [0.717, 1.165) is 62.2 Å². The van der Waals surface area contributed by atoms with Crippen LogP contribution in [0.3, 0.4) is 0 Å². The van der Waals surface area contributed by atoms with Gasteiger partial charge in [0.1, 0.15) is 11.5 Å². The quantitative estimate of drug-likeness (QED) is 0.525. The van der Waals surface area contributed by atoms with Crippen LogP contribution in [-0.2, 0) is 0 Å². The van der Waals surface area contributed by atoms with Crippen LogP contribution in [-0.4, -0.2) is 76.9 Å². The molecule has 0 radical (unpaired) electrons. The van der Waals surface area contributed by atoms with Crippen molar-refractivity contribution in [1.29, 1.82) is 0 Å². The number of rotatable bonds is 7. The number of likely N-dealkylation sites (tertiary alicyclic amines) is 1. The third-order valence-corrected chi connectivity index (χ3v) is 6.42. The average molecular weight is 418 g/mol. The summed E-state index contributed by atoms with van der Waals surface area (Å²) < 4.78 is 10.8. The molecular weight excluding hydrogens is 378 g/mol. The van der Waals surface area contributed by atoms with Crippen molar-refractivity contribution in [3.63, 3.8) is 0 Å². The highest BCUT2D eigenvalue weighted by Crippen LogP contribution is 2.30. The van der Waals surface area contributed by atoms with Crippen LogP contribution in [0, 0.1) is 0 Å². The van der Waals surface area contributed by atoms with Gasteiger partial charge in [-0.2, -0.15) is 0 Å². The van der Waals surface area contributed by atoms with Crippen LogP contribution < -0.4 is 25.0 Å². The van der Waals surface area contributed by atoms with Crippen molar-refractivity contribution in [3.05, 3.63) is 18.2 Å². The minimum absolute atomic E-state index is 0.439. The number of nitrogens with zero attached hydrogens (tertiary/aromatic N) is 3. The minimum atomic E-state index is 0.439. The molecule has 2 aliphatic rings. The van der Waals surface area contributed by atoms with Gasteiger partial charge in [-0.15, -0.1) is 0 Å². The van der Waals surface area contributed by atoms with Crippen LogP contribution in [0.25, 0.3) is 0 Å². The number of methoxy groups -OCH3 is 2. The molecule has 2 aliphatic heterocycles. The van der Waals surface area contributed by atoms with Crippen LogP contribution in [0.1, 0.15) is 39.0 Å². The number of anilines is 1. The molecule has 1 unspecified atom stereocenters. The molecule has 1 atom stereocenters. The molecule has 30 heavy (non-hydrogen) atoms. The van der Waals surface area contributed by atoms with Gasteiger partial charge in [-0.1, -0.05) is 13.3 Å². The zero-order chi connectivity index (χ0) is 21.3. The second-order valence-electron chi connectivity index (χ2n) is 8.21. The van der Waals surface area contributed by atoms with Gasteiger partial charge < -0.3 is 25.0 Å². The first-order valence-corrected chi connectivity index (χ1v) is 11.4. The zero-order valence-electron chi connectivity index (χ0n) is 19.1. The number of aliphatic imine (C=N–C) groups is 1. The number of benzene rings is 1. The largest absolute Gasteiger partial charge is 0.497 e. The smallest absolute Gasteiger partial charge is 0.191 e. The lowest BCUT2D eigenvalue weighted by atomic mass is 10.0. The summed E-state index contributed by atoms with van der Waals surface area (Å²) >= 11 is 0.